The van der Waals surface area contributed by atoms with Crippen molar-refractivity contribution in [2.24, 2.45) is 0 Å². The molecule has 2 N–H and O–H groups in total. The van der Waals surface area contributed by atoms with Gasteiger partial charge in [0.15, 0.2) is 0 Å². The van der Waals surface area contributed by atoms with E-state index in [1.165, 1.54) is 5.56 Å². The fourth-order valence-electron chi connectivity index (χ4n) is 3.96. The third-order valence-electron chi connectivity index (χ3n) is 5.60. The lowest BCUT2D eigenvalue weighted by Crippen LogP contribution is -2.25. The van der Waals surface area contributed by atoms with Crippen LogP contribution < -0.4 is 10.1 Å². The van der Waals surface area contributed by atoms with E-state index in [0.717, 1.165) is 38.2 Å². The second-order valence-corrected chi connectivity index (χ2v) is 7.98. The van der Waals surface area contributed by atoms with Crippen molar-refractivity contribution < 1.29 is 23.0 Å². The van der Waals surface area contributed by atoms with Crippen molar-refractivity contribution in [1.82, 2.24) is 5.32 Å². The van der Waals surface area contributed by atoms with Crippen molar-refractivity contribution in [2.45, 2.75) is 63.3 Å². The highest BCUT2D eigenvalue weighted by atomic mass is 19.4. The highest BCUT2D eigenvalue weighted by molar-refractivity contribution is 5.38. The zero-order chi connectivity index (χ0) is 21.4. The molecule has 2 aromatic rings. The molecule has 0 aromatic heterocycles. The standard InChI is InChI=1S/C24H30F3NO2/c25-24(26,27)23-15-21(30-22-14-20(17-29)28-16-22)13-12-19(23)11-7-2-1-4-8-18-9-5-3-6-10-18/h3,5-6,9-10,12-13,15,20,22,28-29H,1-2,4,7-8,11,14,16-17H2/t20-,22-/m0/s1. The quantitative estimate of drug-likeness (QED) is 0.521. The summed E-state index contributed by atoms with van der Waals surface area (Å²) in [6.07, 6.45) is 1.10. The summed E-state index contributed by atoms with van der Waals surface area (Å²) in [7, 11) is 0. The van der Waals surface area contributed by atoms with E-state index in [1.807, 2.05) is 18.2 Å². The zero-order valence-electron chi connectivity index (χ0n) is 17.1. The Kier molecular flexibility index (Phi) is 8.16. The van der Waals surface area contributed by atoms with Crippen LogP contribution in [-0.4, -0.2) is 30.4 Å². The van der Waals surface area contributed by atoms with Crippen LogP contribution in [0.5, 0.6) is 5.75 Å². The van der Waals surface area contributed by atoms with E-state index in [2.05, 4.69) is 17.4 Å². The minimum Gasteiger partial charge on any atom is -0.489 e. The van der Waals surface area contributed by atoms with E-state index < -0.39 is 11.7 Å². The lowest BCUT2D eigenvalue weighted by molar-refractivity contribution is -0.138. The van der Waals surface area contributed by atoms with Crippen LogP contribution in [-0.2, 0) is 19.0 Å². The number of hydrogen-bond donors (Lipinski definition) is 2. The number of hydrogen-bond acceptors (Lipinski definition) is 3. The fourth-order valence-corrected chi connectivity index (χ4v) is 3.96. The van der Waals surface area contributed by atoms with E-state index in [-0.39, 0.29) is 24.5 Å². The fraction of sp³-hybridized carbons (Fsp3) is 0.500. The Morgan fingerprint density at radius 1 is 0.967 bits per heavy atom. The van der Waals surface area contributed by atoms with E-state index in [9.17, 15) is 13.2 Å². The molecule has 2 atom stereocenters. The third-order valence-corrected chi connectivity index (χ3v) is 5.60. The van der Waals surface area contributed by atoms with Gasteiger partial charge in [-0.15, -0.1) is 0 Å². The molecule has 0 amide bonds. The zero-order valence-corrected chi connectivity index (χ0v) is 17.1. The molecule has 0 radical (unpaired) electrons. The minimum absolute atomic E-state index is 0.00204. The van der Waals surface area contributed by atoms with Crippen LogP contribution in [0.3, 0.4) is 0 Å². The van der Waals surface area contributed by atoms with Gasteiger partial charge >= 0.3 is 6.18 Å². The number of aliphatic hydroxyl groups excluding tert-OH is 1. The average Bonchev–Trinajstić information content (AvgIpc) is 3.19. The van der Waals surface area contributed by atoms with Crippen molar-refractivity contribution >= 4 is 0 Å². The maximum atomic E-state index is 13.6. The van der Waals surface area contributed by atoms with Gasteiger partial charge in [0, 0.05) is 19.0 Å². The van der Waals surface area contributed by atoms with Crippen LogP contribution in [0.15, 0.2) is 48.5 Å². The van der Waals surface area contributed by atoms with Gasteiger partial charge in [-0.1, -0.05) is 49.2 Å². The number of aryl methyl sites for hydroxylation is 2. The maximum absolute atomic E-state index is 13.6. The summed E-state index contributed by atoms with van der Waals surface area (Å²) in [4.78, 5) is 0. The molecule has 0 bridgehead atoms. The number of nitrogens with one attached hydrogen (secondary N) is 1. The van der Waals surface area contributed by atoms with E-state index >= 15 is 0 Å². The second kappa shape index (κ2) is 10.8. The van der Waals surface area contributed by atoms with Gasteiger partial charge in [0.25, 0.3) is 0 Å². The van der Waals surface area contributed by atoms with Crippen LogP contribution in [0.4, 0.5) is 13.2 Å². The van der Waals surface area contributed by atoms with Gasteiger partial charge in [0.1, 0.15) is 11.9 Å². The van der Waals surface area contributed by atoms with Crippen molar-refractivity contribution in [3.63, 3.8) is 0 Å². The summed E-state index contributed by atoms with van der Waals surface area (Å²) in [5, 5.41) is 12.3. The summed E-state index contributed by atoms with van der Waals surface area (Å²) < 4.78 is 46.5. The third kappa shape index (κ3) is 6.74. The monoisotopic (exact) mass is 421 g/mol. The number of rotatable bonds is 10. The van der Waals surface area contributed by atoms with Gasteiger partial charge in [-0.05, 0) is 48.9 Å². The normalized spacial score (nSPS) is 19.2. The second-order valence-electron chi connectivity index (χ2n) is 7.98. The van der Waals surface area contributed by atoms with Crippen LogP contribution in [0.2, 0.25) is 0 Å². The first-order chi connectivity index (χ1) is 14.5. The van der Waals surface area contributed by atoms with Crippen molar-refractivity contribution in [2.75, 3.05) is 13.2 Å². The van der Waals surface area contributed by atoms with Crippen LogP contribution in [0.25, 0.3) is 0 Å². The Balaban J connectivity index is 1.50. The predicted octanol–water partition coefficient (Wildman–Crippen LogP) is 5.15. The summed E-state index contributed by atoms with van der Waals surface area (Å²) >= 11 is 0. The Bertz CT molecular complexity index is 780. The van der Waals surface area contributed by atoms with Gasteiger partial charge in [-0.2, -0.15) is 13.2 Å². The first-order valence-corrected chi connectivity index (χ1v) is 10.7. The van der Waals surface area contributed by atoms with Gasteiger partial charge < -0.3 is 15.2 Å². The first-order valence-electron chi connectivity index (χ1n) is 10.7. The molecule has 164 valence electrons. The van der Waals surface area contributed by atoms with E-state index in [1.54, 1.807) is 12.1 Å². The number of ether oxygens (including phenoxy) is 1. The van der Waals surface area contributed by atoms with E-state index in [0.29, 0.717) is 24.9 Å². The minimum atomic E-state index is -4.40. The molecule has 1 saturated heterocycles. The molecular weight excluding hydrogens is 391 g/mol. The van der Waals surface area contributed by atoms with Crippen LogP contribution in [0.1, 0.15) is 48.8 Å². The number of unbranched alkanes of at least 4 members (excludes halogenated alkanes) is 3. The summed E-state index contributed by atoms with van der Waals surface area (Å²) in [6.45, 7) is 0.523. The van der Waals surface area contributed by atoms with Crippen molar-refractivity contribution in [3.8, 4) is 5.75 Å². The topological polar surface area (TPSA) is 41.5 Å². The molecule has 0 spiro atoms. The molecule has 3 nitrogen and oxygen atoms in total. The Morgan fingerprint density at radius 2 is 1.70 bits per heavy atom. The number of halogens is 3. The number of alkyl halides is 3. The van der Waals surface area contributed by atoms with Gasteiger partial charge in [-0.25, -0.2) is 0 Å². The Hall–Kier alpha value is -2.05. The smallest absolute Gasteiger partial charge is 0.416 e. The van der Waals surface area contributed by atoms with Crippen molar-refractivity contribution in [1.29, 1.82) is 0 Å². The number of benzene rings is 2. The molecule has 1 heterocycles. The van der Waals surface area contributed by atoms with Crippen LogP contribution in [0, 0.1) is 0 Å². The molecule has 2 aromatic carbocycles. The highest BCUT2D eigenvalue weighted by Crippen LogP contribution is 2.35. The summed E-state index contributed by atoms with van der Waals surface area (Å²) in [5.74, 6) is 0.235. The lowest BCUT2D eigenvalue weighted by Gasteiger charge is -2.17. The number of aliphatic hydroxyl groups is 1. The molecule has 0 unspecified atom stereocenters. The summed E-state index contributed by atoms with van der Waals surface area (Å²) in [6, 6.07) is 14.5. The maximum Gasteiger partial charge on any atom is 0.416 e. The first kappa shape index (κ1) is 22.6. The van der Waals surface area contributed by atoms with Crippen LogP contribution >= 0.6 is 0 Å². The highest BCUT2D eigenvalue weighted by Gasteiger charge is 2.34. The lowest BCUT2D eigenvalue weighted by atomic mass is 9.99. The molecule has 1 fully saturated rings. The Morgan fingerprint density at radius 3 is 2.37 bits per heavy atom. The largest absolute Gasteiger partial charge is 0.489 e. The average molecular weight is 422 g/mol. The molecule has 3 rings (SSSR count). The van der Waals surface area contributed by atoms with Gasteiger partial charge in [-0.3, -0.25) is 0 Å². The van der Waals surface area contributed by atoms with E-state index in [4.69, 9.17) is 9.84 Å². The molecule has 1 aliphatic heterocycles. The molecule has 1 aliphatic rings. The molecule has 0 aliphatic carbocycles. The predicted molar refractivity (Wildman–Crippen MR) is 112 cm³/mol. The van der Waals surface area contributed by atoms with Gasteiger partial charge in [0.05, 0.1) is 12.2 Å². The Labute approximate surface area is 176 Å². The van der Waals surface area contributed by atoms with Crippen molar-refractivity contribution in [3.05, 3.63) is 65.2 Å². The summed E-state index contributed by atoms with van der Waals surface area (Å²) in [5.41, 5.74) is 1.03. The molecule has 0 saturated carbocycles. The van der Waals surface area contributed by atoms with Gasteiger partial charge in [0.2, 0.25) is 0 Å². The molecule has 30 heavy (non-hydrogen) atoms. The SMILES string of the molecule is OC[C@@H]1C[C@H](Oc2ccc(CCCCCCc3ccccc3)c(C(F)(F)F)c2)CN1. The molecule has 6 heteroatoms. The molecular formula is C24H30F3NO2.